The van der Waals surface area contributed by atoms with E-state index in [1.807, 2.05) is 0 Å². The van der Waals surface area contributed by atoms with Crippen molar-refractivity contribution in [3.8, 4) is 0 Å². The average Bonchev–Trinajstić information content (AvgIpc) is 2.95. The maximum absolute atomic E-state index is 13.5. The van der Waals surface area contributed by atoms with Crippen LogP contribution in [0.5, 0.6) is 0 Å². The highest BCUT2D eigenvalue weighted by Gasteiger charge is 2.44. The fraction of sp³-hybridized carbons (Fsp3) is 0.639. The van der Waals surface area contributed by atoms with E-state index in [-0.39, 0.29) is 22.9 Å². The van der Waals surface area contributed by atoms with Crippen LogP contribution in [0.3, 0.4) is 0 Å². The van der Waals surface area contributed by atoms with Crippen LogP contribution in [0.1, 0.15) is 131 Å². The maximum Gasteiger partial charge on any atom is 0.416 e. The van der Waals surface area contributed by atoms with Gasteiger partial charge in [-0.3, -0.25) is 4.98 Å². The van der Waals surface area contributed by atoms with Crippen LogP contribution in [-0.4, -0.2) is 42.1 Å². The second-order valence-electron chi connectivity index (χ2n) is 15.0. The van der Waals surface area contributed by atoms with Crippen molar-refractivity contribution in [3.05, 3.63) is 69.5 Å². The summed E-state index contributed by atoms with van der Waals surface area (Å²) in [5.41, 5.74) is 4.50. The van der Waals surface area contributed by atoms with Crippen LogP contribution in [-0.2, 0) is 26.8 Å². The number of alkyl halides is 3. The Morgan fingerprint density at radius 1 is 0.977 bits per heavy atom. The van der Waals surface area contributed by atoms with Crippen molar-refractivity contribution in [2.75, 3.05) is 26.4 Å². The quantitative estimate of drug-likeness (QED) is 0.352. The molecule has 1 saturated heterocycles. The van der Waals surface area contributed by atoms with Crippen LogP contribution in [0.15, 0.2) is 30.3 Å². The Hall–Kier alpha value is -2.26. The van der Waals surface area contributed by atoms with Gasteiger partial charge in [-0.05, 0) is 85.6 Å². The van der Waals surface area contributed by atoms with E-state index in [9.17, 15) is 18.3 Å². The van der Waals surface area contributed by atoms with E-state index < -0.39 is 23.4 Å². The summed E-state index contributed by atoms with van der Waals surface area (Å²) in [6.45, 7) is 17.5. The molecule has 0 spiro atoms. The molecule has 1 fully saturated rings. The predicted molar refractivity (Wildman–Crippen MR) is 165 cm³/mol. The van der Waals surface area contributed by atoms with Gasteiger partial charge in [-0.25, -0.2) is 0 Å². The van der Waals surface area contributed by atoms with E-state index in [0.29, 0.717) is 44.0 Å². The molecule has 2 aliphatic heterocycles. The van der Waals surface area contributed by atoms with E-state index in [1.54, 1.807) is 0 Å². The molecule has 5 rings (SSSR count). The molecule has 1 N–H and O–H groups in total. The number of halogens is 3. The number of nitrogens with zero attached hydrogens (tertiary/aromatic N) is 1. The third-order valence-corrected chi connectivity index (χ3v) is 10.0. The fourth-order valence-corrected chi connectivity index (χ4v) is 6.61. The van der Waals surface area contributed by atoms with E-state index in [2.05, 4.69) is 54.5 Å². The molecule has 1 aromatic carbocycles. The predicted octanol–water partition coefficient (Wildman–Crippen LogP) is 8.73. The molecule has 2 unspecified atom stereocenters. The molecule has 242 valence electrons. The van der Waals surface area contributed by atoms with Crippen molar-refractivity contribution in [2.45, 2.75) is 110 Å². The number of hydrogen-bond donors (Lipinski definition) is 1. The zero-order valence-electron chi connectivity index (χ0n) is 27.2. The molecule has 1 aliphatic carbocycles. The van der Waals surface area contributed by atoms with Crippen LogP contribution >= 0.6 is 0 Å². The molecule has 2 aromatic rings. The Morgan fingerprint density at radius 3 is 2.20 bits per heavy atom. The van der Waals surface area contributed by atoms with Crippen molar-refractivity contribution in [1.29, 1.82) is 0 Å². The van der Waals surface area contributed by atoms with Gasteiger partial charge >= 0.3 is 6.18 Å². The summed E-state index contributed by atoms with van der Waals surface area (Å²) in [7, 11) is 0. The second-order valence-corrected chi connectivity index (χ2v) is 15.0. The smallest absolute Gasteiger partial charge is 0.384 e. The minimum atomic E-state index is -4.46. The molecule has 0 bridgehead atoms. The molecule has 5 nitrogen and oxygen atoms in total. The monoisotopic (exact) mass is 615 g/mol. The highest BCUT2D eigenvalue weighted by Crippen LogP contribution is 2.52. The fourth-order valence-electron chi connectivity index (χ4n) is 6.61. The van der Waals surface area contributed by atoms with Gasteiger partial charge < -0.3 is 19.3 Å². The Labute approximate surface area is 260 Å². The van der Waals surface area contributed by atoms with Gasteiger partial charge in [0.1, 0.15) is 6.10 Å². The third kappa shape index (κ3) is 6.79. The number of aromatic nitrogens is 1. The first-order valence-corrected chi connectivity index (χ1v) is 15.9. The molecule has 8 heteroatoms. The Bertz CT molecular complexity index is 1370. The number of aliphatic hydroxyl groups excluding tert-OH is 1. The van der Waals surface area contributed by atoms with Gasteiger partial charge in [0.15, 0.2) is 0 Å². The van der Waals surface area contributed by atoms with Crippen molar-refractivity contribution >= 4 is 5.57 Å². The lowest BCUT2D eigenvalue weighted by Crippen LogP contribution is -2.43. The minimum Gasteiger partial charge on any atom is -0.384 e. The van der Waals surface area contributed by atoms with Crippen molar-refractivity contribution in [1.82, 2.24) is 4.98 Å². The third-order valence-electron chi connectivity index (χ3n) is 10.0. The average molecular weight is 616 g/mol. The zero-order chi connectivity index (χ0) is 32.1. The van der Waals surface area contributed by atoms with E-state index in [1.165, 1.54) is 12.1 Å². The molecule has 3 heterocycles. The van der Waals surface area contributed by atoms with Gasteiger partial charge in [0.05, 0.1) is 36.2 Å². The van der Waals surface area contributed by atoms with Crippen LogP contribution in [0.4, 0.5) is 13.2 Å². The first-order chi connectivity index (χ1) is 20.5. The number of aliphatic hydroxyl groups is 1. The van der Waals surface area contributed by atoms with Crippen molar-refractivity contribution in [2.24, 2.45) is 10.8 Å². The number of benzene rings is 1. The number of rotatable bonds is 6. The second kappa shape index (κ2) is 12.2. The Balaban J connectivity index is 1.78. The molecular weight excluding hydrogens is 567 g/mol. The van der Waals surface area contributed by atoms with Crippen molar-refractivity contribution in [3.63, 3.8) is 0 Å². The van der Waals surface area contributed by atoms with Gasteiger partial charge in [0, 0.05) is 36.0 Å². The summed E-state index contributed by atoms with van der Waals surface area (Å²) in [6.07, 6.45) is -0.0852. The molecule has 0 amide bonds. The standard InChI is InChI=1S/C36H48F3NO4/c1-33(2,3)35(6,7)44-27-21-34(4,5)20-26-29(27)28(22-12-16-42-17-13-22)30(31(40-26)23-14-18-43-19-15-23)32(41)24-8-10-25(11-9-24)36(37,38)39/h8-12,23,27,32,41H,13-21H2,1-7H3. The summed E-state index contributed by atoms with van der Waals surface area (Å²) in [5, 5.41) is 12.2. The van der Waals surface area contributed by atoms with E-state index >= 15 is 0 Å². The summed E-state index contributed by atoms with van der Waals surface area (Å²) >= 11 is 0. The molecule has 1 aromatic heterocycles. The van der Waals surface area contributed by atoms with Crippen molar-refractivity contribution < 1.29 is 32.5 Å². The molecule has 0 saturated carbocycles. The highest BCUT2D eigenvalue weighted by molar-refractivity contribution is 5.75. The van der Waals surface area contributed by atoms with Gasteiger partial charge in [0.2, 0.25) is 0 Å². The SMILES string of the molecule is CC1(C)Cc2nc(C3CCOCC3)c(C(O)c3ccc(C(F)(F)F)cc3)c(C3=CCOCC3)c2C(OC(C)(C)C(C)(C)C)C1. The first kappa shape index (κ1) is 33.1. The number of pyridine rings is 1. The highest BCUT2D eigenvalue weighted by atomic mass is 19.4. The Kier molecular flexibility index (Phi) is 9.15. The van der Waals surface area contributed by atoms with Gasteiger partial charge in [-0.15, -0.1) is 0 Å². The maximum atomic E-state index is 13.5. The van der Waals surface area contributed by atoms with Gasteiger partial charge in [0.25, 0.3) is 0 Å². The lowest BCUT2D eigenvalue weighted by atomic mass is 9.70. The first-order valence-electron chi connectivity index (χ1n) is 15.9. The summed E-state index contributed by atoms with van der Waals surface area (Å²) in [4.78, 5) is 5.40. The van der Waals surface area contributed by atoms with Crippen LogP contribution in [0.2, 0.25) is 0 Å². The molecule has 0 radical (unpaired) electrons. The number of ether oxygens (including phenoxy) is 3. The molecule has 44 heavy (non-hydrogen) atoms. The lowest BCUT2D eigenvalue weighted by Gasteiger charge is -2.46. The Morgan fingerprint density at radius 2 is 1.64 bits per heavy atom. The molecule has 3 aliphatic rings. The van der Waals surface area contributed by atoms with Crippen LogP contribution < -0.4 is 0 Å². The van der Waals surface area contributed by atoms with Gasteiger partial charge in [-0.2, -0.15) is 13.2 Å². The van der Waals surface area contributed by atoms with Crippen LogP contribution in [0.25, 0.3) is 5.57 Å². The van der Waals surface area contributed by atoms with E-state index in [0.717, 1.165) is 65.9 Å². The number of fused-ring (bicyclic) bond motifs is 1. The molecular formula is C36H48F3NO4. The zero-order valence-corrected chi connectivity index (χ0v) is 27.2. The summed E-state index contributed by atoms with van der Waals surface area (Å²) in [5.74, 6) is 0.0581. The largest absolute Gasteiger partial charge is 0.416 e. The van der Waals surface area contributed by atoms with Gasteiger partial charge in [-0.1, -0.05) is 52.8 Å². The topological polar surface area (TPSA) is 60.8 Å². The summed E-state index contributed by atoms with van der Waals surface area (Å²) in [6, 6.07) is 4.88. The normalized spacial score (nSPS) is 22.3. The van der Waals surface area contributed by atoms with E-state index in [4.69, 9.17) is 19.2 Å². The molecule has 2 atom stereocenters. The number of hydrogen-bond acceptors (Lipinski definition) is 5. The lowest BCUT2D eigenvalue weighted by molar-refractivity contribution is -0.145. The summed E-state index contributed by atoms with van der Waals surface area (Å²) < 4.78 is 58.9. The van der Waals surface area contributed by atoms with Crippen LogP contribution in [0, 0.1) is 10.8 Å². The minimum absolute atomic E-state index is 0.0581.